The van der Waals surface area contributed by atoms with E-state index in [1.54, 1.807) is 12.1 Å². The first-order valence-corrected chi connectivity index (χ1v) is 8.41. The van der Waals surface area contributed by atoms with Crippen molar-refractivity contribution in [1.82, 2.24) is 10.2 Å². The second-order valence-corrected chi connectivity index (χ2v) is 6.76. The third kappa shape index (κ3) is 3.69. The highest BCUT2D eigenvalue weighted by Crippen LogP contribution is 2.41. The van der Waals surface area contributed by atoms with Gasteiger partial charge in [0.2, 0.25) is 5.91 Å². The molecule has 0 radical (unpaired) electrons. The molecule has 2 fully saturated rings. The summed E-state index contributed by atoms with van der Waals surface area (Å²) < 4.78 is 13.7. The summed E-state index contributed by atoms with van der Waals surface area (Å²) in [7, 11) is 0. The zero-order valence-corrected chi connectivity index (χ0v) is 14.5. The number of piperazine rings is 1. The third-order valence-corrected chi connectivity index (χ3v) is 5.15. The fraction of sp³-hybridized carbons (Fsp3) is 0.611. The average Bonchev–Trinajstić information content (AvgIpc) is 2.55. The van der Waals surface area contributed by atoms with Gasteiger partial charge in [0.05, 0.1) is 5.41 Å². The van der Waals surface area contributed by atoms with Gasteiger partial charge in [0.25, 0.3) is 0 Å². The van der Waals surface area contributed by atoms with Crippen molar-refractivity contribution < 1.29 is 9.18 Å². The van der Waals surface area contributed by atoms with Crippen LogP contribution in [0.15, 0.2) is 24.3 Å². The van der Waals surface area contributed by atoms with Crippen molar-refractivity contribution in [2.75, 3.05) is 19.6 Å². The van der Waals surface area contributed by atoms with Gasteiger partial charge in [0.15, 0.2) is 0 Å². The van der Waals surface area contributed by atoms with Crippen LogP contribution in [0.25, 0.3) is 0 Å². The van der Waals surface area contributed by atoms with Crippen LogP contribution in [0.2, 0.25) is 0 Å². The van der Waals surface area contributed by atoms with Crippen LogP contribution in [0, 0.1) is 5.82 Å². The number of nitrogens with one attached hydrogen (secondary N) is 1. The molecule has 1 aliphatic heterocycles. The first kappa shape index (κ1) is 18.2. The van der Waals surface area contributed by atoms with E-state index in [-0.39, 0.29) is 24.1 Å². The van der Waals surface area contributed by atoms with E-state index in [4.69, 9.17) is 0 Å². The lowest BCUT2D eigenvalue weighted by Crippen LogP contribution is -2.56. The molecule has 0 aromatic heterocycles. The normalized spacial score (nSPS) is 23.9. The number of halogens is 2. The van der Waals surface area contributed by atoms with E-state index in [9.17, 15) is 9.18 Å². The molecule has 1 aliphatic carbocycles. The Morgan fingerprint density at radius 1 is 1.30 bits per heavy atom. The number of nitrogens with zero attached hydrogens (tertiary/aromatic N) is 1. The monoisotopic (exact) mass is 340 g/mol. The maximum absolute atomic E-state index is 13.7. The number of carbonyl (C=O) groups is 1. The van der Waals surface area contributed by atoms with Crippen molar-refractivity contribution in [3.05, 3.63) is 35.6 Å². The van der Waals surface area contributed by atoms with Crippen LogP contribution in [0.3, 0.4) is 0 Å². The molecule has 2 aliphatic rings. The quantitative estimate of drug-likeness (QED) is 0.896. The molecule has 1 amide bonds. The van der Waals surface area contributed by atoms with Gasteiger partial charge >= 0.3 is 0 Å². The predicted molar refractivity (Wildman–Crippen MR) is 92.5 cm³/mol. The molecule has 3 rings (SSSR count). The van der Waals surface area contributed by atoms with Gasteiger partial charge in [-0.25, -0.2) is 4.39 Å². The molecular formula is C18H26ClFN2O. The minimum Gasteiger partial charge on any atom is -0.339 e. The largest absolute Gasteiger partial charge is 0.339 e. The Morgan fingerprint density at radius 3 is 2.70 bits per heavy atom. The highest BCUT2D eigenvalue weighted by molar-refractivity contribution is 5.88. The lowest BCUT2D eigenvalue weighted by atomic mass is 9.68. The van der Waals surface area contributed by atoms with Gasteiger partial charge in [-0.15, -0.1) is 12.4 Å². The Morgan fingerprint density at radius 2 is 2.04 bits per heavy atom. The van der Waals surface area contributed by atoms with Crippen molar-refractivity contribution >= 4 is 18.3 Å². The van der Waals surface area contributed by atoms with Gasteiger partial charge < -0.3 is 10.2 Å². The molecule has 128 valence electrons. The van der Waals surface area contributed by atoms with E-state index < -0.39 is 5.41 Å². The molecule has 1 aromatic rings. The van der Waals surface area contributed by atoms with E-state index in [2.05, 4.69) is 12.2 Å². The molecule has 1 heterocycles. The molecule has 3 nitrogen and oxygen atoms in total. The Bertz CT molecular complexity index is 546. The van der Waals surface area contributed by atoms with E-state index in [1.165, 1.54) is 12.5 Å². The van der Waals surface area contributed by atoms with Gasteiger partial charge in [0, 0.05) is 25.7 Å². The Labute approximate surface area is 144 Å². The number of hydrogen-bond acceptors (Lipinski definition) is 2. The molecular weight excluding hydrogens is 315 g/mol. The number of carbonyl (C=O) groups excluding carboxylic acids is 1. The van der Waals surface area contributed by atoms with Crippen LogP contribution in [0.1, 0.15) is 44.6 Å². The van der Waals surface area contributed by atoms with Crippen LogP contribution >= 0.6 is 12.4 Å². The van der Waals surface area contributed by atoms with Crippen LogP contribution < -0.4 is 5.32 Å². The zero-order valence-electron chi connectivity index (χ0n) is 13.7. The van der Waals surface area contributed by atoms with Gasteiger partial charge in [-0.3, -0.25) is 4.79 Å². The number of rotatable bonds is 2. The summed E-state index contributed by atoms with van der Waals surface area (Å²) in [5.41, 5.74) is 0.348. The molecule has 1 unspecified atom stereocenters. The summed E-state index contributed by atoms with van der Waals surface area (Å²) in [6.07, 6.45) is 4.94. The predicted octanol–water partition coefficient (Wildman–Crippen LogP) is 3.27. The van der Waals surface area contributed by atoms with Crippen molar-refractivity contribution in [1.29, 1.82) is 0 Å². The van der Waals surface area contributed by atoms with Gasteiger partial charge in [-0.2, -0.15) is 0 Å². The van der Waals surface area contributed by atoms with Gasteiger partial charge in [-0.05, 0) is 37.5 Å². The lowest BCUT2D eigenvalue weighted by molar-refractivity contribution is -0.140. The molecule has 1 saturated carbocycles. The van der Waals surface area contributed by atoms with Crippen molar-refractivity contribution in [2.45, 2.75) is 50.5 Å². The molecule has 0 bridgehead atoms. The van der Waals surface area contributed by atoms with E-state index >= 15 is 0 Å². The average molecular weight is 341 g/mol. The first-order valence-electron chi connectivity index (χ1n) is 8.41. The Hall–Kier alpha value is -1.13. The molecule has 1 N–H and O–H groups in total. The Balaban J connectivity index is 0.00000192. The second-order valence-electron chi connectivity index (χ2n) is 6.76. The molecule has 1 saturated heterocycles. The van der Waals surface area contributed by atoms with Crippen LogP contribution in [-0.2, 0) is 10.2 Å². The Kier molecular flexibility index (Phi) is 6.04. The SMILES string of the molecule is CC1CN(C(=O)C2(c3cccc(F)c3)CCCCC2)CCN1.Cl. The summed E-state index contributed by atoms with van der Waals surface area (Å²) in [5.74, 6) is -0.0462. The molecule has 0 spiro atoms. The fourth-order valence-corrected chi connectivity index (χ4v) is 3.99. The molecule has 23 heavy (non-hydrogen) atoms. The highest BCUT2D eigenvalue weighted by Gasteiger charge is 2.44. The zero-order chi connectivity index (χ0) is 15.6. The standard InChI is InChI=1S/C18H25FN2O.ClH/c1-14-13-21(11-10-20-14)17(22)18(8-3-2-4-9-18)15-6-5-7-16(19)12-15;/h5-7,12,14,20H,2-4,8-11,13H2,1H3;1H. The van der Waals surface area contributed by atoms with E-state index in [0.717, 1.165) is 50.9 Å². The van der Waals surface area contributed by atoms with Crippen molar-refractivity contribution in [3.63, 3.8) is 0 Å². The minimum absolute atomic E-state index is 0. The van der Waals surface area contributed by atoms with Crippen LogP contribution in [-0.4, -0.2) is 36.5 Å². The summed E-state index contributed by atoms with van der Waals surface area (Å²) in [4.78, 5) is 15.3. The summed E-state index contributed by atoms with van der Waals surface area (Å²) in [6.45, 7) is 4.44. The van der Waals surface area contributed by atoms with Gasteiger partial charge in [0.1, 0.15) is 5.82 Å². The van der Waals surface area contributed by atoms with Gasteiger partial charge in [-0.1, -0.05) is 31.4 Å². The second kappa shape index (κ2) is 7.63. The van der Waals surface area contributed by atoms with E-state index in [1.807, 2.05) is 11.0 Å². The first-order chi connectivity index (χ1) is 10.6. The summed E-state index contributed by atoms with van der Waals surface area (Å²) in [6, 6.07) is 7.00. The number of benzene rings is 1. The molecule has 5 heteroatoms. The third-order valence-electron chi connectivity index (χ3n) is 5.15. The number of hydrogen-bond donors (Lipinski definition) is 1. The highest BCUT2D eigenvalue weighted by atomic mass is 35.5. The maximum atomic E-state index is 13.7. The molecule has 1 atom stereocenters. The fourth-order valence-electron chi connectivity index (χ4n) is 3.99. The minimum atomic E-state index is -0.516. The topological polar surface area (TPSA) is 32.3 Å². The number of amides is 1. The summed E-state index contributed by atoms with van der Waals surface area (Å²) in [5, 5.41) is 3.38. The lowest BCUT2D eigenvalue weighted by Gasteiger charge is -2.42. The maximum Gasteiger partial charge on any atom is 0.233 e. The van der Waals surface area contributed by atoms with E-state index in [0.29, 0.717) is 6.04 Å². The van der Waals surface area contributed by atoms with Crippen LogP contribution in [0.5, 0.6) is 0 Å². The van der Waals surface area contributed by atoms with Crippen molar-refractivity contribution in [3.8, 4) is 0 Å². The van der Waals surface area contributed by atoms with Crippen molar-refractivity contribution in [2.24, 2.45) is 0 Å². The smallest absolute Gasteiger partial charge is 0.233 e. The molecule has 1 aromatic carbocycles. The summed E-state index contributed by atoms with van der Waals surface area (Å²) >= 11 is 0. The van der Waals surface area contributed by atoms with Crippen LogP contribution in [0.4, 0.5) is 4.39 Å².